The molecule has 0 heterocycles. The van der Waals surface area contributed by atoms with Gasteiger partial charge < -0.3 is 4.74 Å². The normalized spacial score (nSPS) is 12.2. The van der Waals surface area contributed by atoms with Crippen LogP contribution < -0.4 is 0 Å². The minimum Gasteiger partial charge on any atom is -0.464 e. The van der Waals surface area contributed by atoms with Crippen LogP contribution >= 0.6 is 0 Å². The fraction of sp³-hybridized carbons (Fsp3) is 0.316. The van der Waals surface area contributed by atoms with Gasteiger partial charge in [-0.3, -0.25) is 4.79 Å². The Labute approximate surface area is 130 Å². The van der Waals surface area contributed by atoms with Crippen LogP contribution in [0.25, 0.3) is 0 Å². The van der Waals surface area contributed by atoms with E-state index in [-0.39, 0.29) is 30.2 Å². The van der Waals surface area contributed by atoms with Gasteiger partial charge in [0.15, 0.2) is 0 Å². The summed E-state index contributed by atoms with van der Waals surface area (Å²) in [6, 6.07) is 14.4. The maximum absolute atomic E-state index is 13.1. The number of esters is 1. The summed E-state index contributed by atoms with van der Waals surface area (Å²) in [6.45, 7) is 5.89. The van der Waals surface area contributed by atoms with Crippen LogP contribution in [0.3, 0.4) is 0 Å². The number of ether oxygens (including phenoxy) is 1. The number of halogens is 1. The first-order valence-electron chi connectivity index (χ1n) is 7.46. The zero-order chi connectivity index (χ0) is 16.1. The third-order valence-electron chi connectivity index (χ3n) is 3.62. The van der Waals surface area contributed by atoms with Gasteiger partial charge in [0, 0.05) is 5.92 Å². The number of rotatable bonds is 5. The lowest BCUT2D eigenvalue weighted by Crippen LogP contribution is -2.17. The summed E-state index contributed by atoms with van der Waals surface area (Å²) in [4.78, 5) is 11.7. The zero-order valence-electron chi connectivity index (χ0n) is 13.2. The molecule has 22 heavy (non-hydrogen) atoms. The number of hydrogen-bond acceptors (Lipinski definition) is 2. The molecule has 1 unspecified atom stereocenters. The molecule has 2 aromatic rings. The van der Waals surface area contributed by atoms with Crippen LogP contribution in [0.15, 0.2) is 48.5 Å². The van der Waals surface area contributed by atoms with Crippen molar-refractivity contribution in [3.8, 4) is 0 Å². The van der Waals surface area contributed by atoms with Crippen molar-refractivity contribution < 1.29 is 13.9 Å². The lowest BCUT2D eigenvalue weighted by atomic mass is 9.91. The molecule has 0 radical (unpaired) electrons. The van der Waals surface area contributed by atoms with E-state index < -0.39 is 0 Å². The molecule has 0 aromatic heterocycles. The molecular formula is C19H21FO2. The minimum absolute atomic E-state index is 0.0936. The van der Waals surface area contributed by atoms with E-state index in [2.05, 4.69) is 0 Å². The van der Waals surface area contributed by atoms with Crippen LogP contribution in [0, 0.1) is 18.7 Å². The zero-order valence-corrected chi connectivity index (χ0v) is 13.2. The number of carbonyl (C=O) groups excluding carboxylic acids is 1. The fourth-order valence-corrected chi connectivity index (χ4v) is 2.21. The highest BCUT2D eigenvalue weighted by Gasteiger charge is 2.18. The van der Waals surface area contributed by atoms with E-state index in [1.807, 2.05) is 31.2 Å². The van der Waals surface area contributed by atoms with Crippen molar-refractivity contribution in [2.45, 2.75) is 26.7 Å². The Morgan fingerprint density at radius 2 is 1.50 bits per heavy atom. The van der Waals surface area contributed by atoms with Crippen LogP contribution in [0.4, 0.5) is 4.39 Å². The molecule has 116 valence electrons. The number of hydrogen-bond donors (Lipinski definition) is 0. The summed E-state index contributed by atoms with van der Waals surface area (Å²) in [6.07, 6.45) is 0. The summed E-state index contributed by atoms with van der Waals surface area (Å²) in [5, 5.41) is 0. The van der Waals surface area contributed by atoms with E-state index in [9.17, 15) is 9.18 Å². The molecule has 0 amide bonds. The molecule has 1 atom stereocenters. The first-order chi connectivity index (χ1) is 10.5. The summed E-state index contributed by atoms with van der Waals surface area (Å²) in [5.74, 6) is -0.749. The van der Waals surface area contributed by atoms with E-state index in [4.69, 9.17) is 4.74 Å². The average molecular weight is 300 g/mol. The van der Waals surface area contributed by atoms with Crippen molar-refractivity contribution in [1.29, 1.82) is 0 Å². The monoisotopic (exact) mass is 300 g/mol. The number of carbonyl (C=O) groups is 1. The van der Waals surface area contributed by atoms with Gasteiger partial charge in [-0.1, -0.05) is 55.8 Å². The van der Waals surface area contributed by atoms with Gasteiger partial charge in [-0.15, -0.1) is 0 Å². The molecule has 3 heteroatoms. The molecule has 2 aromatic carbocycles. The third-order valence-corrected chi connectivity index (χ3v) is 3.62. The van der Waals surface area contributed by atoms with E-state index >= 15 is 0 Å². The molecule has 0 saturated carbocycles. The van der Waals surface area contributed by atoms with Crippen LogP contribution in [0.5, 0.6) is 0 Å². The smallest absolute Gasteiger partial charge is 0.308 e. The van der Waals surface area contributed by atoms with Gasteiger partial charge in [-0.25, -0.2) is 4.39 Å². The van der Waals surface area contributed by atoms with Gasteiger partial charge in [0.1, 0.15) is 12.4 Å². The van der Waals surface area contributed by atoms with Crippen molar-refractivity contribution in [2.24, 2.45) is 5.92 Å². The molecule has 0 N–H and O–H groups in total. The molecule has 0 fully saturated rings. The highest BCUT2D eigenvalue weighted by molar-refractivity contribution is 5.71. The molecular weight excluding hydrogens is 279 g/mol. The van der Waals surface area contributed by atoms with Crippen molar-refractivity contribution in [1.82, 2.24) is 0 Å². The summed E-state index contributed by atoms with van der Waals surface area (Å²) < 4.78 is 18.5. The highest BCUT2D eigenvalue weighted by atomic mass is 19.1. The maximum atomic E-state index is 13.1. The molecule has 0 aliphatic rings. The van der Waals surface area contributed by atoms with Gasteiger partial charge in [-0.2, -0.15) is 0 Å². The molecule has 0 aliphatic heterocycles. The Morgan fingerprint density at radius 1 is 1.00 bits per heavy atom. The first kappa shape index (κ1) is 16.2. The Balaban J connectivity index is 2.25. The summed E-state index contributed by atoms with van der Waals surface area (Å²) in [7, 11) is 0. The standard InChI is InChI=1S/C19H21FO2/c1-13(2)19(21)22-12-18(15-6-4-14(3)5-7-15)16-8-10-17(20)11-9-16/h4-11,13,18H,12H2,1-3H3. The summed E-state index contributed by atoms with van der Waals surface area (Å²) in [5.41, 5.74) is 3.15. The number of benzene rings is 2. The maximum Gasteiger partial charge on any atom is 0.308 e. The van der Waals surface area contributed by atoms with Gasteiger partial charge in [-0.05, 0) is 30.2 Å². The largest absolute Gasteiger partial charge is 0.464 e. The van der Waals surface area contributed by atoms with Gasteiger partial charge in [0.05, 0.1) is 5.92 Å². The molecule has 0 saturated heterocycles. The van der Waals surface area contributed by atoms with Crippen LogP contribution in [0.2, 0.25) is 0 Å². The lowest BCUT2D eigenvalue weighted by molar-refractivity contribution is -0.147. The molecule has 2 nitrogen and oxygen atoms in total. The predicted octanol–water partition coefficient (Wildman–Crippen LogP) is 4.47. The molecule has 0 aliphatic carbocycles. The fourth-order valence-electron chi connectivity index (χ4n) is 2.21. The van der Waals surface area contributed by atoms with Crippen molar-refractivity contribution in [3.05, 3.63) is 71.0 Å². The second-order valence-corrected chi connectivity index (χ2v) is 5.80. The Bertz CT molecular complexity index is 569. The Morgan fingerprint density at radius 3 is 2.00 bits per heavy atom. The average Bonchev–Trinajstić information content (AvgIpc) is 2.50. The van der Waals surface area contributed by atoms with Crippen molar-refractivity contribution in [2.75, 3.05) is 6.61 Å². The van der Waals surface area contributed by atoms with E-state index in [1.165, 1.54) is 17.7 Å². The quantitative estimate of drug-likeness (QED) is 0.762. The SMILES string of the molecule is Cc1ccc(C(COC(=O)C(C)C)c2ccc(F)cc2)cc1. The topological polar surface area (TPSA) is 26.3 Å². The molecule has 0 spiro atoms. The van der Waals surface area contributed by atoms with Gasteiger partial charge in [0.2, 0.25) is 0 Å². The van der Waals surface area contributed by atoms with E-state index in [0.29, 0.717) is 0 Å². The minimum atomic E-state index is -0.273. The van der Waals surface area contributed by atoms with Crippen LogP contribution in [0.1, 0.15) is 36.5 Å². The lowest BCUT2D eigenvalue weighted by Gasteiger charge is -2.19. The molecule has 2 rings (SSSR count). The van der Waals surface area contributed by atoms with Gasteiger partial charge >= 0.3 is 5.97 Å². The predicted molar refractivity (Wildman–Crippen MR) is 85.2 cm³/mol. The Hall–Kier alpha value is -2.16. The van der Waals surface area contributed by atoms with Crippen LogP contribution in [-0.2, 0) is 9.53 Å². The van der Waals surface area contributed by atoms with Crippen LogP contribution in [-0.4, -0.2) is 12.6 Å². The Kier molecular flexibility index (Phi) is 5.31. The number of aryl methyl sites for hydroxylation is 1. The summed E-state index contributed by atoms with van der Waals surface area (Å²) >= 11 is 0. The van der Waals surface area contributed by atoms with Gasteiger partial charge in [0.25, 0.3) is 0 Å². The van der Waals surface area contributed by atoms with E-state index in [1.54, 1.807) is 26.0 Å². The second kappa shape index (κ2) is 7.21. The van der Waals surface area contributed by atoms with E-state index in [0.717, 1.165) is 11.1 Å². The third kappa shape index (κ3) is 4.17. The van der Waals surface area contributed by atoms with Crippen molar-refractivity contribution in [3.63, 3.8) is 0 Å². The molecule has 0 bridgehead atoms. The van der Waals surface area contributed by atoms with Crippen molar-refractivity contribution >= 4 is 5.97 Å². The highest BCUT2D eigenvalue weighted by Crippen LogP contribution is 2.26. The second-order valence-electron chi connectivity index (χ2n) is 5.80. The first-order valence-corrected chi connectivity index (χ1v) is 7.46.